The van der Waals surface area contributed by atoms with Crippen molar-refractivity contribution in [2.45, 2.75) is 19.8 Å². The Kier molecular flexibility index (Phi) is 5.75. The van der Waals surface area contributed by atoms with Crippen molar-refractivity contribution >= 4 is 46.0 Å². The highest BCUT2D eigenvalue weighted by atomic mass is 35.5. The van der Waals surface area contributed by atoms with Crippen molar-refractivity contribution in [2.24, 2.45) is 0 Å². The molecule has 0 atom stereocenters. The van der Waals surface area contributed by atoms with Crippen molar-refractivity contribution in [3.63, 3.8) is 0 Å². The molecule has 3 aromatic rings. The third-order valence-electron chi connectivity index (χ3n) is 4.24. The van der Waals surface area contributed by atoms with Crippen LogP contribution in [-0.4, -0.2) is 29.0 Å². The minimum atomic E-state index is -0.430. The zero-order valence-corrected chi connectivity index (χ0v) is 16.2. The molecular weight excluding hydrogens is 380 g/mol. The number of ether oxygens (including phenoxy) is 1. The van der Waals surface area contributed by atoms with E-state index in [1.807, 2.05) is 25.1 Å². The van der Waals surface area contributed by atoms with Gasteiger partial charge in [0, 0.05) is 28.1 Å². The van der Waals surface area contributed by atoms with E-state index in [0.717, 1.165) is 16.5 Å². The van der Waals surface area contributed by atoms with Crippen LogP contribution in [-0.2, 0) is 14.3 Å². The highest BCUT2D eigenvalue weighted by Crippen LogP contribution is 2.31. The van der Waals surface area contributed by atoms with E-state index in [9.17, 15) is 9.59 Å². The Morgan fingerprint density at radius 2 is 1.93 bits per heavy atom. The summed E-state index contributed by atoms with van der Waals surface area (Å²) in [7, 11) is 1.29. The minimum absolute atomic E-state index is 0.0205. The molecule has 0 aliphatic heterocycles. The molecule has 0 fully saturated rings. The Morgan fingerprint density at radius 1 is 1.14 bits per heavy atom. The average Bonchev–Trinajstić information content (AvgIpc) is 2.67. The van der Waals surface area contributed by atoms with E-state index in [0.29, 0.717) is 21.9 Å². The van der Waals surface area contributed by atoms with Crippen LogP contribution in [0.25, 0.3) is 22.2 Å². The summed E-state index contributed by atoms with van der Waals surface area (Å²) < 4.78 is 4.56. The lowest BCUT2D eigenvalue weighted by Gasteiger charge is -2.12. The molecule has 1 aromatic heterocycles. The van der Waals surface area contributed by atoms with Gasteiger partial charge in [0.15, 0.2) is 0 Å². The maximum atomic E-state index is 12.2. The lowest BCUT2D eigenvalue weighted by molar-refractivity contribution is -0.141. The summed E-state index contributed by atoms with van der Waals surface area (Å²) in [6, 6.07) is 10.9. The molecule has 1 heterocycles. The van der Waals surface area contributed by atoms with E-state index in [2.05, 4.69) is 20.0 Å². The van der Waals surface area contributed by atoms with Gasteiger partial charge in [0.25, 0.3) is 0 Å². The first-order valence-electron chi connectivity index (χ1n) is 8.58. The maximum Gasteiger partial charge on any atom is 0.306 e. The van der Waals surface area contributed by atoms with Gasteiger partial charge in [-0.1, -0.05) is 23.7 Å². The fraction of sp³-hybridized carbons (Fsp3) is 0.200. The second-order valence-corrected chi connectivity index (χ2v) is 6.68. The number of nitrogens with two attached hydrogens (primary N) is 1. The number of carbonyl (C=O) groups is 2. The number of fused-ring (bicyclic) bond motifs is 1. The SMILES string of the molecule is COC(=O)CCC(=O)Nc1cc(-c2nc(N)nc3ccc(Cl)cc23)ccc1C. The fourth-order valence-electron chi connectivity index (χ4n) is 2.77. The van der Waals surface area contributed by atoms with E-state index < -0.39 is 5.97 Å². The second kappa shape index (κ2) is 8.22. The fourth-order valence-corrected chi connectivity index (χ4v) is 2.95. The molecule has 0 spiro atoms. The standard InChI is InChI=1S/C20H19ClN4O3/c1-11-3-4-12(9-16(11)23-17(26)7-8-18(27)28-2)19-14-10-13(21)5-6-15(14)24-20(22)25-19/h3-6,9-10H,7-8H2,1-2H3,(H,23,26)(H2,22,24,25). The van der Waals surface area contributed by atoms with Gasteiger partial charge in [0.05, 0.1) is 24.7 Å². The molecule has 0 aliphatic rings. The molecule has 0 aliphatic carbocycles. The largest absolute Gasteiger partial charge is 0.469 e. The molecular formula is C20H19ClN4O3. The van der Waals surface area contributed by atoms with Crippen molar-refractivity contribution in [3.05, 3.63) is 47.0 Å². The molecule has 1 amide bonds. The van der Waals surface area contributed by atoms with Gasteiger partial charge >= 0.3 is 5.97 Å². The van der Waals surface area contributed by atoms with E-state index in [-0.39, 0.29) is 24.7 Å². The van der Waals surface area contributed by atoms with Crippen LogP contribution >= 0.6 is 11.6 Å². The number of hydrogen-bond donors (Lipinski definition) is 2. The van der Waals surface area contributed by atoms with Gasteiger partial charge in [-0.2, -0.15) is 0 Å². The smallest absolute Gasteiger partial charge is 0.306 e. The molecule has 28 heavy (non-hydrogen) atoms. The van der Waals surface area contributed by atoms with Crippen LogP contribution in [0.4, 0.5) is 11.6 Å². The predicted molar refractivity (Wildman–Crippen MR) is 109 cm³/mol. The van der Waals surface area contributed by atoms with Crippen molar-refractivity contribution in [3.8, 4) is 11.3 Å². The lowest BCUT2D eigenvalue weighted by atomic mass is 10.0. The van der Waals surface area contributed by atoms with Crippen LogP contribution in [0.15, 0.2) is 36.4 Å². The number of aryl methyl sites for hydroxylation is 1. The maximum absolute atomic E-state index is 12.2. The molecule has 144 valence electrons. The van der Waals surface area contributed by atoms with Gasteiger partial charge in [-0.3, -0.25) is 9.59 Å². The molecule has 0 bridgehead atoms. The Hall–Kier alpha value is -3.19. The highest BCUT2D eigenvalue weighted by Gasteiger charge is 2.13. The zero-order chi connectivity index (χ0) is 20.3. The monoisotopic (exact) mass is 398 g/mol. The number of nitrogens with zero attached hydrogens (tertiary/aromatic N) is 2. The Morgan fingerprint density at radius 3 is 2.68 bits per heavy atom. The number of nitrogen functional groups attached to an aromatic ring is 1. The molecule has 3 rings (SSSR count). The summed E-state index contributed by atoms with van der Waals surface area (Å²) in [5.41, 5.74) is 9.42. The summed E-state index contributed by atoms with van der Waals surface area (Å²) in [6.45, 7) is 1.88. The number of carbonyl (C=O) groups excluding carboxylic acids is 2. The molecule has 0 unspecified atom stereocenters. The van der Waals surface area contributed by atoms with Crippen molar-refractivity contribution in [1.82, 2.24) is 9.97 Å². The molecule has 7 nitrogen and oxygen atoms in total. The van der Waals surface area contributed by atoms with Crippen LogP contribution in [0.2, 0.25) is 5.02 Å². The molecule has 0 radical (unpaired) electrons. The number of halogens is 1. The lowest BCUT2D eigenvalue weighted by Crippen LogP contribution is -2.14. The normalized spacial score (nSPS) is 10.7. The number of esters is 1. The molecule has 2 aromatic carbocycles. The van der Waals surface area contributed by atoms with Crippen LogP contribution in [0, 0.1) is 6.92 Å². The quantitative estimate of drug-likeness (QED) is 0.634. The van der Waals surface area contributed by atoms with Gasteiger partial charge in [0.2, 0.25) is 11.9 Å². The average molecular weight is 399 g/mol. The Bertz CT molecular complexity index is 1070. The van der Waals surface area contributed by atoms with Gasteiger partial charge in [0.1, 0.15) is 0 Å². The van der Waals surface area contributed by atoms with E-state index in [1.165, 1.54) is 7.11 Å². The number of rotatable bonds is 5. The predicted octanol–water partition coefficient (Wildman–Crippen LogP) is 3.73. The number of benzene rings is 2. The van der Waals surface area contributed by atoms with Gasteiger partial charge in [-0.15, -0.1) is 0 Å². The summed E-state index contributed by atoms with van der Waals surface area (Å²) in [4.78, 5) is 32.0. The van der Waals surface area contributed by atoms with E-state index in [1.54, 1.807) is 18.2 Å². The number of nitrogens with one attached hydrogen (secondary N) is 1. The number of methoxy groups -OCH3 is 1. The summed E-state index contributed by atoms with van der Waals surface area (Å²) in [5, 5.41) is 4.15. The Balaban J connectivity index is 1.96. The molecule has 0 saturated carbocycles. The molecule has 0 saturated heterocycles. The Labute approximate surface area is 166 Å². The van der Waals surface area contributed by atoms with Crippen molar-refractivity contribution in [2.75, 3.05) is 18.2 Å². The number of aromatic nitrogens is 2. The summed E-state index contributed by atoms with van der Waals surface area (Å²) >= 11 is 6.13. The summed E-state index contributed by atoms with van der Waals surface area (Å²) in [5.74, 6) is -0.560. The van der Waals surface area contributed by atoms with Crippen LogP contribution in [0.5, 0.6) is 0 Å². The minimum Gasteiger partial charge on any atom is -0.469 e. The highest BCUT2D eigenvalue weighted by molar-refractivity contribution is 6.31. The van der Waals surface area contributed by atoms with Crippen LogP contribution in [0.3, 0.4) is 0 Å². The van der Waals surface area contributed by atoms with E-state index in [4.69, 9.17) is 17.3 Å². The first-order valence-corrected chi connectivity index (χ1v) is 8.95. The van der Waals surface area contributed by atoms with Crippen molar-refractivity contribution in [1.29, 1.82) is 0 Å². The van der Waals surface area contributed by atoms with E-state index >= 15 is 0 Å². The number of amides is 1. The first kappa shape index (κ1) is 19.6. The van der Waals surface area contributed by atoms with Crippen molar-refractivity contribution < 1.29 is 14.3 Å². The third kappa shape index (κ3) is 4.37. The topological polar surface area (TPSA) is 107 Å². The van der Waals surface area contributed by atoms with Gasteiger partial charge < -0.3 is 15.8 Å². The van der Waals surface area contributed by atoms with Gasteiger partial charge in [-0.25, -0.2) is 9.97 Å². The number of hydrogen-bond acceptors (Lipinski definition) is 6. The molecule has 8 heteroatoms. The molecule has 3 N–H and O–H groups in total. The number of anilines is 2. The first-order chi connectivity index (χ1) is 13.4. The third-order valence-corrected chi connectivity index (χ3v) is 4.48. The van der Waals surface area contributed by atoms with Gasteiger partial charge in [-0.05, 0) is 36.8 Å². The van der Waals surface area contributed by atoms with Crippen LogP contribution < -0.4 is 11.1 Å². The van der Waals surface area contributed by atoms with Crippen LogP contribution in [0.1, 0.15) is 18.4 Å². The summed E-state index contributed by atoms with van der Waals surface area (Å²) in [6.07, 6.45) is 0.0575. The zero-order valence-electron chi connectivity index (χ0n) is 15.5. The second-order valence-electron chi connectivity index (χ2n) is 6.25.